The molecule has 0 nitrogen and oxygen atoms in total. The Morgan fingerprint density at radius 3 is 1.62 bits per heavy atom. The minimum atomic E-state index is -3.92. The second-order valence-corrected chi connectivity index (χ2v) is 2.70. The molecule has 8 heavy (non-hydrogen) atoms. The molecule has 0 aliphatic carbocycles. The minimum absolute atomic E-state index is 0. The standard InChI is InChI=1S/C3H4F3.BrH.Zn/c1-2-3(4,5)6;;/h1-2H2;1H;. The van der Waals surface area contributed by atoms with Gasteiger partial charge in [-0.15, -0.1) is 17.0 Å². The molecule has 0 amide bonds. The van der Waals surface area contributed by atoms with Gasteiger partial charge >= 0.3 is 49.1 Å². The second-order valence-electron chi connectivity index (χ2n) is 1.22. The van der Waals surface area contributed by atoms with Crippen LogP contribution in [0.2, 0.25) is 5.02 Å². The van der Waals surface area contributed by atoms with E-state index in [1.165, 1.54) is 0 Å². The van der Waals surface area contributed by atoms with Crippen LogP contribution in [0, 0.1) is 0 Å². The summed E-state index contributed by atoms with van der Waals surface area (Å²) in [6.45, 7) is 0. The quantitative estimate of drug-likeness (QED) is 0.621. The van der Waals surface area contributed by atoms with Crippen molar-refractivity contribution in [2.45, 2.75) is 17.6 Å². The topological polar surface area (TPSA) is 0 Å². The maximum atomic E-state index is 11.1. The van der Waals surface area contributed by atoms with Gasteiger partial charge in [0.15, 0.2) is 0 Å². The molecule has 47 valence electrons. The Balaban J connectivity index is 0. The molecule has 0 fully saturated rings. The monoisotopic (exact) mass is 241 g/mol. The normalized spacial score (nSPS) is 10.6. The summed E-state index contributed by atoms with van der Waals surface area (Å²) in [5, 5.41) is 0.309. The average Bonchev–Trinajstić information content (AvgIpc) is 1.30. The molecule has 5 heteroatoms. The summed E-state index contributed by atoms with van der Waals surface area (Å²) in [6.07, 6.45) is -4.52. The summed E-state index contributed by atoms with van der Waals surface area (Å²) in [4.78, 5) is 0. The molecule has 0 bridgehead atoms. The van der Waals surface area contributed by atoms with Gasteiger partial charge in [0.25, 0.3) is 0 Å². The Bertz CT molecular complexity index is 53.0. The molecule has 0 saturated carbocycles. The van der Waals surface area contributed by atoms with E-state index in [1.807, 2.05) is 0 Å². The summed E-state index contributed by atoms with van der Waals surface area (Å²) in [7, 11) is 0. The number of hydrogen-bond acceptors (Lipinski definition) is 0. The van der Waals surface area contributed by atoms with Crippen LogP contribution in [0.25, 0.3) is 0 Å². The van der Waals surface area contributed by atoms with E-state index >= 15 is 0 Å². The first-order chi connectivity index (χ1) is 3.06. The van der Waals surface area contributed by atoms with Crippen LogP contribution in [0.3, 0.4) is 0 Å². The Hall–Kier alpha value is 0.893. The van der Waals surface area contributed by atoms with Gasteiger partial charge in [0.05, 0.1) is 0 Å². The number of hydrogen-bond donors (Lipinski definition) is 0. The third-order valence-corrected chi connectivity index (χ3v) is 1.20. The van der Waals surface area contributed by atoms with E-state index in [9.17, 15) is 13.2 Å². The summed E-state index contributed by atoms with van der Waals surface area (Å²) in [6, 6.07) is 0. The van der Waals surface area contributed by atoms with Crippen molar-refractivity contribution in [1.82, 2.24) is 0 Å². The molecule has 0 rings (SSSR count). The Morgan fingerprint density at radius 2 is 1.62 bits per heavy atom. The van der Waals surface area contributed by atoms with Crippen molar-refractivity contribution in [2.24, 2.45) is 0 Å². The molecule has 0 aliphatic rings. The van der Waals surface area contributed by atoms with Crippen molar-refractivity contribution in [2.75, 3.05) is 0 Å². The zero-order valence-corrected chi connectivity index (χ0v) is 8.84. The Kier molecular flexibility index (Phi) is 6.91. The molecular weight excluding hydrogens is 238 g/mol. The van der Waals surface area contributed by atoms with Crippen LogP contribution in [0.15, 0.2) is 0 Å². The van der Waals surface area contributed by atoms with E-state index in [2.05, 4.69) is 0 Å². The van der Waals surface area contributed by atoms with Gasteiger partial charge in [0.1, 0.15) is 0 Å². The molecule has 0 heterocycles. The van der Waals surface area contributed by atoms with E-state index < -0.39 is 12.6 Å². The molecule has 0 saturated heterocycles. The molecule has 0 aromatic heterocycles. The SMILES string of the molecule is Br.FC(F)(F)C[CH2][Zn]. The number of rotatable bonds is 1. The van der Waals surface area contributed by atoms with Gasteiger partial charge in [-0.05, 0) is 0 Å². The fourth-order valence-corrected chi connectivity index (χ4v) is 1.04. The van der Waals surface area contributed by atoms with E-state index in [0.29, 0.717) is 5.02 Å². The van der Waals surface area contributed by atoms with E-state index in [-0.39, 0.29) is 17.0 Å². The van der Waals surface area contributed by atoms with Crippen LogP contribution >= 0.6 is 17.0 Å². The molecule has 0 spiro atoms. The van der Waals surface area contributed by atoms with Crippen LogP contribution in [0.5, 0.6) is 0 Å². The van der Waals surface area contributed by atoms with Crippen LogP contribution in [-0.2, 0) is 18.3 Å². The van der Waals surface area contributed by atoms with Crippen molar-refractivity contribution in [3.63, 3.8) is 0 Å². The van der Waals surface area contributed by atoms with Gasteiger partial charge in [0.2, 0.25) is 0 Å². The summed E-state index contributed by atoms with van der Waals surface area (Å²) in [5.41, 5.74) is 0. The molecular formula is C3H5BrF3Zn. The fourth-order valence-electron chi connectivity index (χ4n) is 0.200. The zero-order valence-electron chi connectivity index (χ0n) is 4.16. The number of alkyl halides is 3. The summed E-state index contributed by atoms with van der Waals surface area (Å²) in [5.74, 6) is 0. The predicted octanol–water partition coefficient (Wildman–Crippen LogP) is 2.48. The first kappa shape index (κ1) is 11.7. The van der Waals surface area contributed by atoms with E-state index in [0.717, 1.165) is 18.3 Å². The van der Waals surface area contributed by atoms with Gasteiger partial charge in [-0.2, -0.15) is 0 Å². The van der Waals surface area contributed by atoms with Crippen molar-refractivity contribution in [3.8, 4) is 0 Å². The molecule has 0 aromatic rings. The van der Waals surface area contributed by atoms with Crippen LogP contribution in [0.4, 0.5) is 13.2 Å². The van der Waals surface area contributed by atoms with Crippen LogP contribution in [-0.4, -0.2) is 6.18 Å². The van der Waals surface area contributed by atoms with Gasteiger partial charge < -0.3 is 0 Å². The molecule has 0 N–H and O–H groups in total. The van der Waals surface area contributed by atoms with Crippen LogP contribution < -0.4 is 0 Å². The van der Waals surface area contributed by atoms with Crippen molar-refractivity contribution < 1.29 is 31.5 Å². The molecule has 0 unspecified atom stereocenters. The second kappa shape index (κ2) is 4.74. The molecule has 0 aliphatic heterocycles. The first-order valence-electron chi connectivity index (χ1n) is 1.92. The van der Waals surface area contributed by atoms with Crippen molar-refractivity contribution >= 4 is 17.0 Å². The predicted molar refractivity (Wildman–Crippen MR) is 25.8 cm³/mol. The number of halogens is 4. The Morgan fingerprint density at radius 1 is 1.25 bits per heavy atom. The van der Waals surface area contributed by atoms with Gasteiger partial charge in [0, 0.05) is 0 Å². The fraction of sp³-hybridized carbons (Fsp3) is 1.00. The van der Waals surface area contributed by atoms with Crippen LogP contribution in [0.1, 0.15) is 6.42 Å². The van der Waals surface area contributed by atoms with E-state index in [1.54, 1.807) is 0 Å². The third-order valence-electron chi connectivity index (χ3n) is 0.460. The Labute approximate surface area is 66.3 Å². The van der Waals surface area contributed by atoms with Crippen molar-refractivity contribution in [3.05, 3.63) is 0 Å². The van der Waals surface area contributed by atoms with E-state index in [4.69, 9.17) is 0 Å². The van der Waals surface area contributed by atoms with Gasteiger partial charge in [-0.25, -0.2) is 0 Å². The maximum absolute atomic E-state index is 11.1. The zero-order chi connectivity index (χ0) is 5.91. The van der Waals surface area contributed by atoms with Gasteiger partial charge in [-0.1, -0.05) is 0 Å². The molecule has 0 aromatic carbocycles. The average molecular weight is 243 g/mol. The third kappa shape index (κ3) is 10.00. The molecule has 0 atom stereocenters. The van der Waals surface area contributed by atoms with Gasteiger partial charge in [-0.3, -0.25) is 0 Å². The summed E-state index contributed by atoms with van der Waals surface area (Å²) < 4.78 is 33.2. The summed E-state index contributed by atoms with van der Waals surface area (Å²) >= 11 is 0.736. The first-order valence-corrected chi connectivity index (χ1v) is 4.02. The van der Waals surface area contributed by atoms with Crippen molar-refractivity contribution in [1.29, 1.82) is 0 Å². The molecule has 0 radical (unpaired) electrons.